The molecule has 0 aromatic carbocycles. The lowest BCUT2D eigenvalue weighted by molar-refractivity contribution is 0.0536. The normalized spacial score (nSPS) is 24.1. The predicted octanol–water partition coefficient (Wildman–Crippen LogP) is 2.72. The third-order valence-corrected chi connectivity index (χ3v) is 4.20. The molecule has 0 radical (unpaired) electrons. The van der Waals surface area contributed by atoms with Crippen molar-refractivity contribution >= 4 is 5.82 Å². The molecular formula is C13H16F2N2O. The van der Waals surface area contributed by atoms with Crippen molar-refractivity contribution in [2.24, 2.45) is 5.41 Å². The van der Waals surface area contributed by atoms with Gasteiger partial charge in [0.25, 0.3) is 5.92 Å². The molecule has 18 heavy (non-hydrogen) atoms. The molecule has 2 aliphatic rings. The molecule has 0 atom stereocenters. The largest absolute Gasteiger partial charge is 0.493 e. The van der Waals surface area contributed by atoms with E-state index < -0.39 is 11.3 Å². The number of methoxy groups -OCH3 is 1. The summed E-state index contributed by atoms with van der Waals surface area (Å²) >= 11 is 0. The number of hydrogen-bond donors (Lipinski definition) is 0. The smallest absolute Gasteiger partial charge is 0.254 e. The summed E-state index contributed by atoms with van der Waals surface area (Å²) in [5, 5.41) is 0. The summed E-state index contributed by atoms with van der Waals surface area (Å²) in [7, 11) is 1.60. The Morgan fingerprint density at radius 2 is 2.00 bits per heavy atom. The topological polar surface area (TPSA) is 25.4 Å². The summed E-state index contributed by atoms with van der Waals surface area (Å²) in [6, 6.07) is 3.65. The number of alkyl halides is 2. The quantitative estimate of drug-likeness (QED) is 0.811. The Bertz CT molecular complexity index is 456. The summed E-state index contributed by atoms with van der Waals surface area (Å²) in [5.41, 5.74) is -0.717. The molecule has 1 saturated carbocycles. The number of hydrogen-bond acceptors (Lipinski definition) is 3. The van der Waals surface area contributed by atoms with Crippen LogP contribution in [0.2, 0.25) is 0 Å². The van der Waals surface area contributed by atoms with Crippen molar-refractivity contribution in [1.29, 1.82) is 0 Å². The Kier molecular flexibility index (Phi) is 2.47. The van der Waals surface area contributed by atoms with Gasteiger partial charge in [-0.25, -0.2) is 13.8 Å². The first-order chi connectivity index (χ1) is 8.58. The third-order valence-electron chi connectivity index (χ3n) is 4.20. The van der Waals surface area contributed by atoms with Crippen molar-refractivity contribution < 1.29 is 13.5 Å². The van der Waals surface area contributed by atoms with Gasteiger partial charge in [-0.2, -0.15) is 0 Å². The van der Waals surface area contributed by atoms with E-state index in [2.05, 4.69) is 4.98 Å². The van der Waals surface area contributed by atoms with Crippen molar-refractivity contribution in [3.8, 4) is 5.75 Å². The molecule has 0 bridgehead atoms. The van der Waals surface area contributed by atoms with Crippen LogP contribution < -0.4 is 9.64 Å². The molecule has 2 fully saturated rings. The van der Waals surface area contributed by atoms with E-state index in [1.54, 1.807) is 13.3 Å². The summed E-state index contributed by atoms with van der Waals surface area (Å²) in [6.45, 7) is 1.26. The molecule has 3 rings (SSSR count). The molecule has 1 aliphatic carbocycles. The second kappa shape index (κ2) is 3.80. The van der Waals surface area contributed by atoms with Crippen molar-refractivity contribution in [2.75, 3.05) is 25.1 Å². The van der Waals surface area contributed by atoms with Crippen LogP contribution in [0.4, 0.5) is 14.6 Å². The Labute approximate surface area is 105 Å². The molecule has 1 saturated heterocycles. The van der Waals surface area contributed by atoms with Gasteiger partial charge in [0.15, 0.2) is 11.6 Å². The lowest BCUT2D eigenvalue weighted by Gasteiger charge is -2.33. The molecular weight excluding hydrogens is 238 g/mol. The minimum absolute atomic E-state index is 0.0627. The highest BCUT2D eigenvalue weighted by molar-refractivity contribution is 5.52. The number of pyridine rings is 1. The second-order valence-corrected chi connectivity index (χ2v) is 5.18. The number of aromatic nitrogens is 1. The summed E-state index contributed by atoms with van der Waals surface area (Å²) < 4.78 is 31.8. The number of anilines is 1. The molecule has 1 aliphatic heterocycles. The monoisotopic (exact) mass is 254 g/mol. The Morgan fingerprint density at radius 1 is 1.33 bits per heavy atom. The van der Waals surface area contributed by atoms with Crippen LogP contribution in [0, 0.1) is 5.41 Å². The van der Waals surface area contributed by atoms with Crippen molar-refractivity contribution in [2.45, 2.75) is 25.2 Å². The van der Waals surface area contributed by atoms with Gasteiger partial charge in [0.05, 0.1) is 7.11 Å². The SMILES string of the molecule is COc1cccnc1N1CCC2(CC1)CC2(F)F. The minimum Gasteiger partial charge on any atom is -0.493 e. The van der Waals surface area contributed by atoms with E-state index in [-0.39, 0.29) is 6.42 Å². The Morgan fingerprint density at radius 3 is 2.56 bits per heavy atom. The van der Waals surface area contributed by atoms with Gasteiger partial charge in [0.2, 0.25) is 0 Å². The first-order valence-corrected chi connectivity index (χ1v) is 6.20. The van der Waals surface area contributed by atoms with Crippen LogP contribution in [0.25, 0.3) is 0 Å². The highest BCUT2D eigenvalue weighted by Crippen LogP contribution is 2.66. The predicted molar refractivity (Wildman–Crippen MR) is 64.2 cm³/mol. The van der Waals surface area contributed by atoms with Gasteiger partial charge in [-0.15, -0.1) is 0 Å². The van der Waals surface area contributed by atoms with E-state index in [1.165, 1.54) is 0 Å². The van der Waals surface area contributed by atoms with Crippen LogP contribution in [0.1, 0.15) is 19.3 Å². The van der Waals surface area contributed by atoms with Gasteiger partial charge in [-0.05, 0) is 25.0 Å². The summed E-state index contributed by atoms with van der Waals surface area (Å²) in [5.74, 6) is -0.970. The van der Waals surface area contributed by atoms with Gasteiger partial charge in [-0.1, -0.05) is 0 Å². The van der Waals surface area contributed by atoms with Crippen molar-refractivity contribution in [3.63, 3.8) is 0 Å². The summed E-state index contributed by atoms with van der Waals surface area (Å²) in [6.07, 6.45) is 2.85. The molecule has 1 aromatic heterocycles. The van der Waals surface area contributed by atoms with Gasteiger partial charge in [0.1, 0.15) is 0 Å². The molecule has 98 valence electrons. The number of halogens is 2. The van der Waals surface area contributed by atoms with Crippen LogP contribution in [-0.4, -0.2) is 31.1 Å². The van der Waals surface area contributed by atoms with Gasteiger partial charge in [0, 0.05) is 31.1 Å². The first kappa shape index (κ1) is 11.7. The lowest BCUT2D eigenvalue weighted by Crippen LogP contribution is -2.37. The summed E-state index contributed by atoms with van der Waals surface area (Å²) in [4.78, 5) is 6.33. The van der Waals surface area contributed by atoms with Gasteiger partial charge >= 0.3 is 0 Å². The second-order valence-electron chi connectivity index (χ2n) is 5.18. The lowest BCUT2D eigenvalue weighted by atomic mass is 9.93. The fraction of sp³-hybridized carbons (Fsp3) is 0.615. The highest BCUT2D eigenvalue weighted by atomic mass is 19.3. The fourth-order valence-corrected chi connectivity index (χ4v) is 2.85. The zero-order chi connectivity index (χ0) is 12.8. The first-order valence-electron chi connectivity index (χ1n) is 6.20. The maximum atomic E-state index is 13.3. The van der Waals surface area contributed by atoms with Gasteiger partial charge < -0.3 is 9.64 Å². The van der Waals surface area contributed by atoms with E-state index in [0.29, 0.717) is 31.7 Å². The van der Waals surface area contributed by atoms with Crippen LogP contribution in [0.3, 0.4) is 0 Å². The molecule has 5 heteroatoms. The standard InChI is InChI=1S/C13H16F2N2O/c1-18-10-3-2-6-16-11(10)17-7-4-12(5-8-17)9-13(12,14)15/h2-3,6H,4-5,7-9H2,1H3. The molecule has 0 N–H and O–H groups in total. The number of nitrogens with zero attached hydrogens (tertiary/aromatic N) is 2. The molecule has 2 heterocycles. The minimum atomic E-state index is -2.44. The van der Waals surface area contributed by atoms with Crippen LogP contribution in [0.5, 0.6) is 5.75 Å². The van der Waals surface area contributed by atoms with Crippen molar-refractivity contribution in [3.05, 3.63) is 18.3 Å². The van der Waals surface area contributed by atoms with Crippen LogP contribution in [-0.2, 0) is 0 Å². The molecule has 1 spiro atoms. The number of rotatable bonds is 2. The Balaban J connectivity index is 1.73. The van der Waals surface area contributed by atoms with Crippen LogP contribution in [0.15, 0.2) is 18.3 Å². The molecule has 0 amide bonds. The Hall–Kier alpha value is -1.39. The van der Waals surface area contributed by atoms with Gasteiger partial charge in [-0.3, -0.25) is 0 Å². The zero-order valence-electron chi connectivity index (χ0n) is 10.3. The average Bonchev–Trinajstić information content (AvgIpc) is 2.91. The fourth-order valence-electron chi connectivity index (χ4n) is 2.85. The molecule has 3 nitrogen and oxygen atoms in total. The highest BCUT2D eigenvalue weighted by Gasteiger charge is 2.70. The third kappa shape index (κ3) is 1.64. The average molecular weight is 254 g/mol. The zero-order valence-corrected chi connectivity index (χ0v) is 10.3. The maximum Gasteiger partial charge on any atom is 0.254 e. The van der Waals surface area contributed by atoms with E-state index in [1.807, 2.05) is 17.0 Å². The molecule has 1 aromatic rings. The number of ether oxygens (including phenoxy) is 1. The molecule has 0 unspecified atom stereocenters. The van der Waals surface area contributed by atoms with Crippen molar-refractivity contribution in [1.82, 2.24) is 4.98 Å². The van der Waals surface area contributed by atoms with E-state index in [9.17, 15) is 8.78 Å². The van der Waals surface area contributed by atoms with Crippen LogP contribution >= 0.6 is 0 Å². The van der Waals surface area contributed by atoms with E-state index in [0.717, 1.165) is 5.82 Å². The van der Waals surface area contributed by atoms with E-state index >= 15 is 0 Å². The maximum absolute atomic E-state index is 13.3. The number of piperidine rings is 1. The van der Waals surface area contributed by atoms with E-state index in [4.69, 9.17) is 4.74 Å².